The Morgan fingerprint density at radius 2 is 2.10 bits per heavy atom. The minimum Gasteiger partial charge on any atom is -0.497 e. The number of nitrogen functional groups attached to an aromatic ring is 1. The Morgan fingerprint density at radius 1 is 1.35 bits per heavy atom. The number of nitrogens with two attached hydrogens (primary N) is 1. The third-order valence-corrected chi connectivity index (χ3v) is 3.21. The first-order valence-electron chi connectivity index (χ1n) is 7.06. The van der Waals surface area contributed by atoms with Gasteiger partial charge in [-0.05, 0) is 37.7 Å². The molecule has 5 nitrogen and oxygen atoms in total. The highest BCUT2D eigenvalue weighted by Gasteiger charge is 2.11. The van der Waals surface area contributed by atoms with E-state index >= 15 is 0 Å². The van der Waals surface area contributed by atoms with Gasteiger partial charge in [0.2, 0.25) is 0 Å². The van der Waals surface area contributed by atoms with E-state index in [1.807, 2.05) is 0 Å². The van der Waals surface area contributed by atoms with Gasteiger partial charge in [0.1, 0.15) is 5.75 Å². The predicted molar refractivity (Wildman–Crippen MR) is 82.1 cm³/mol. The van der Waals surface area contributed by atoms with Gasteiger partial charge in [-0.15, -0.1) is 0 Å². The van der Waals surface area contributed by atoms with Crippen LogP contribution in [0.15, 0.2) is 18.2 Å². The van der Waals surface area contributed by atoms with Crippen molar-refractivity contribution in [1.29, 1.82) is 0 Å². The van der Waals surface area contributed by atoms with E-state index in [0.29, 0.717) is 23.5 Å². The first-order valence-corrected chi connectivity index (χ1v) is 7.06. The van der Waals surface area contributed by atoms with Gasteiger partial charge in [-0.3, -0.25) is 4.79 Å². The molecule has 1 aromatic carbocycles. The Labute approximate surface area is 121 Å². The largest absolute Gasteiger partial charge is 0.497 e. The number of carbonyl (C=O) groups excluding carboxylic acids is 1. The van der Waals surface area contributed by atoms with E-state index in [-0.39, 0.29) is 5.91 Å². The Bertz CT molecular complexity index is 435. The van der Waals surface area contributed by atoms with E-state index in [9.17, 15) is 4.79 Å². The highest BCUT2D eigenvalue weighted by Crippen LogP contribution is 2.19. The lowest BCUT2D eigenvalue weighted by Crippen LogP contribution is -2.35. The Morgan fingerprint density at radius 3 is 2.70 bits per heavy atom. The van der Waals surface area contributed by atoms with Gasteiger partial charge >= 0.3 is 0 Å². The summed E-state index contributed by atoms with van der Waals surface area (Å²) >= 11 is 0. The van der Waals surface area contributed by atoms with Crippen molar-refractivity contribution in [2.75, 3.05) is 39.0 Å². The second-order valence-corrected chi connectivity index (χ2v) is 4.64. The average molecular weight is 279 g/mol. The third kappa shape index (κ3) is 4.74. The Hall–Kier alpha value is -1.75. The molecule has 112 valence electrons. The SMILES string of the molecule is CCCN(CC)CCNC(=O)c1cc(OC)ccc1N. The number of benzene rings is 1. The summed E-state index contributed by atoms with van der Waals surface area (Å²) < 4.78 is 5.11. The van der Waals surface area contributed by atoms with Gasteiger partial charge in [-0.2, -0.15) is 0 Å². The predicted octanol–water partition coefficient (Wildman–Crippen LogP) is 1.74. The number of carbonyl (C=O) groups is 1. The van der Waals surface area contributed by atoms with Crippen molar-refractivity contribution >= 4 is 11.6 Å². The molecule has 20 heavy (non-hydrogen) atoms. The molecule has 0 heterocycles. The summed E-state index contributed by atoms with van der Waals surface area (Å²) in [6.45, 7) is 7.78. The van der Waals surface area contributed by atoms with Crippen LogP contribution < -0.4 is 15.8 Å². The van der Waals surface area contributed by atoms with Crippen LogP contribution in [-0.4, -0.2) is 44.1 Å². The van der Waals surface area contributed by atoms with Crippen LogP contribution in [0.4, 0.5) is 5.69 Å². The molecule has 0 fully saturated rings. The fourth-order valence-electron chi connectivity index (χ4n) is 2.03. The van der Waals surface area contributed by atoms with Crippen molar-refractivity contribution in [3.8, 4) is 5.75 Å². The van der Waals surface area contributed by atoms with E-state index in [4.69, 9.17) is 10.5 Å². The molecule has 0 aliphatic rings. The lowest BCUT2D eigenvalue weighted by Gasteiger charge is -2.19. The van der Waals surface area contributed by atoms with Crippen LogP contribution in [0.5, 0.6) is 5.75 Å². The second kappa shape index (κ2) is 8.43. The zero-order chi connectivity index (χ0) is 15.0. The topological polar surface area (TPSA) is 67.6 Å². The lowest BCUT2D eigenvalue weighted by atomic mass is 10.1. The van der Waals surface area contributed by atoms with E-state index in [1.54, 1.807) is 25.3 Å². The van der Waals surface area contributed by atoms with Crippen LogP contribution in [0, 0.1) is 0 Å². The molecule has 1 amide bonds. The van der Waals surface area contributed by atoms with Gasteiger partial charge in [-0.1, -0.05) is 13.8 Å². The van der Waals surface area contributed by atoms with E-state index < -0.39 is 0 Å². The Balaban J connectivity index is 2.54. The molecule has 0 atom stereocenters. The summed E-state index contributed by atoms with van der Waals surface area (Å²) in [5.41, 5.74) is 6.75. The molecule has 0 spiro atoms. The smallest absolute Gasteiger partial charge is 0.253 e. The summed E-state index contributed by atoms with van der Waals surface area (Å²) in [5.74, 6) is 0.472. The first-order chi connectivity index (χ1) is 9.62. The van der Waals surface area contributed by atoms with Gasteiger partial charge in [0, 0.05) is 18.8 Å². The molecule has 3 N–H and O–H groups in total. The summed E-state index contributed by atoms with van der Waals surface area (Å²) in [6.07, 6.45) is 1.12. The molecule has 0 aromatic heterocycles. The fourth-order valence-corrected chi connectivity index (χ4v) is 2.03. The maximum Gasteiger partial charge on any atom is 0.253 e. The molecule has 0 radical (unpaired) electrons. The van der Waals surface area contributed by atoms with Crippen molar-refractivity contribution in [3.05, 3.63) is 23.8 Å². The average Bonchev–Trinajstić information content (AvgIpc) is 2.46. The van der Waals surface area contributed by atoms with Crippen LogP contribution in [0.1, 0.15) is 30.6 Å². The van der Waals surface area contributed by atoms with Crippen molar-refractivity contribution in [2.24, 2.45) is 0 Å². The minimum absolute atomic E-state index is 0.158. The molecular weight excluding hydrogens is 254 g/mol. The normalized spacial score (nSPS) is 10.6. The first kappa shape index (κ1) is 16.3. The maximum absolute atomic E-state index is 12.1. The van der Waals surface area contributed by atoms with E-state index in [1.165, 1.54) is 0 Å². The quantitative estimate of drug-likeness (QED) is 0.711. The van der Waals surface area contributed by atoms with Crippen molar-refractivity contribution in [2.45, 2.75) is 20.3 Å². The monoisotopic (exact) mass is 279 g/mol. The highest BCUT2D eigenvalue weighted by molar-refractivity contribution is 5.99. The summed E-state index contributed by atoms with van der Waals surface area (Å²) in [6, 6.07) is 5.09. The molecule has 5 heteroatoms. The van der Waals surface area contributed by atoms with Gasteiger partial charge in [0.25, 0.3) is 5.91 Å². The number of hydrogen-bond acceptors (Lipinski definition) is 4. The fraction of sp³-hybridized carbons (Fsp3) is 0.533. The molecule has 1 aromatic rings. The van der Waals surface area contributed by atoms with Gasteiger partial charge in [-0.25, -0.2) is 0 Å². The molecule has 0 bridgehead atoms. The van der Waals surface area contributed by atoms with E-state index in [0.717, 1.165) is 26.1 Å². The zero-order valence-electron chi connectivity index (χ0n) is 12.6. The molecule has 0 aliphatic heterocycles. The second-order valence-electron chi connectivity index (χ2n) is 4.64. The summed E-state index contributed by atoms with van der Waals surface area (Å²) in [5, 5.41) is 2.90. The molecule has 0 unspecified atom stereocenters. The Kier molecular flexibility index (Phi) is 6.87. The van der Waals surface area contributed by atoms with Crippen molar-refractivity contribution in [3.63, 3.8) is 0 Å². The number of ether oxygens (including phenoxy) is 1. The van der Waals surface area contributed by atoms with Gasteiger partial charge in [0.05, 0.1) is 12.7 Å². The minimum atomic E-state index is -0.158. The number of likely N-dealkylation sites (N-methyl/N-ethyl adjacent to an activating group) is 1. The van der Waals surface area contributed by atoms with Crippen LogP contribution in [0.25, 0.3) is 0 Å². The number of rotatable bonds is 8. The summed E-state index contributed by atoms with van der Waals surface area (Å²) in [7, 11) is 1.57. The number of anilines is 1. The summed E-state index contributed by atoms with van der Waals surface area (Å²) in [4.78, 5) is 14.4. The van der Waals surface area contributed by atoms with Gasteiger partial charge in [0.15, 0.2) is 0 Å². The number of nitrogens with one attached hydrogen (secondary N) is 1. The van der Waals surface area contributed by atoms with Crippen LogP contribution in [0.2, 0.25) is 0 Å². The third-order valence-electron chi connectivity index (χ3n) is 3.21. The van der Waals surface area contributed by atoms with Crippen LogP contribution in [-0.2, 0) is 0 Å². The van der Waals surface area contributed by atoms with Crippen molar-refractivity contribution < 1.29 is 9.53 Å². The molecule has 0 saturated heterocycles. The highest BCUT2D eigenvalue weighted by atomic mass is 16.5. The lowest BCUT2D eigenvalue weighted by molar-refractivity contribution is 0.0949. The van der Waals surface area contributed by atoms with Crippen LogP contribution in [0.3, 0.4) is 0 Å². The van der Waals surface area contributed by atoms with Crippen LogP contribution >= 0.6 is 0 Å². The van der Waals surface area contributed by atoms with E-state index in [2.05, 4.69) is 24.1 Å². The number of amides is 1. The number of hydrogen-bond donors (Lipinski definition) is 2. The molecule has 0 aliphatic carbocycles. The number of methoxy groups -OCH3 is 1. The molecule has 1 rings (SSSR count). The maximum atomic E-state index is 12.1. The standard InChI is InChI=1S/C15H25N3O2/c1-4-9-18(5-2)10-8-17-15(19)13-11-12(20-3)6-7-14(13)16/h6-7,11H,4-5,8-10,16H2,1-3H3,(H,17,19). The van der Waals surface area contributed by atoms with Gasteiger partial charge < -0.3 is 20.7 Å². The van der Waals surface area contributed by atoms with Crippen molar-refractivity contribution in [1.82, 2.24) is 10.2 Å². The molecule has 0 saturated carbocycles. The zero-order valence-corrected chi connectivity index (χ0v) is 12.6. The molecular formula is C15H25N3O2. The number of nitrogens with zero attached hydrogens (tertiary/aromatic N) is 1.